The van der Waals surface area contributed by atoms with Gasteiger partial charge in [0, 0.05) is 16.3 Å². The van der Waals surface area contributed by atoms with Crippen LogP contribution in [0.1, 0.15) is 10.4 Å². The van der Waals surface area contributed by atoms with Crippen molar-refractivity contribution in [3.8, 4) is 0 Å². The van der Waals surface area contributed by atoms with Crippen LogP contribution < -0.4 is 21.5 Å². The molecule has 0 aromatic heterocycles. The Morgan fingerprint density at radius 1 is 1.08 bits per heavy atom. The van der Waals surface area contributed by atoms with Crippen molar-refractivity contribution < 1.29 is 14.0 Å². The van der Waals surface area contributed by atoms with Gasteiger partial charge in [0.2, 0.25) is 0 Å². The summed E-state index contributed by atoms with van der Waals surface area (Å²) < 4.78 is 12.8. The van der Waals surface area contributed by atoms with Gasteiger partial charge in [-0.05, 0) is 54.7 Å². The number of carbonyl (C=O) groups excluding carboxylic acids is 2. The fourth-order valence-corrected chi connectivity index (χ4v) is 2.12. The van der Waals surface area contributed by atoms with Crippen LogP contribution in [0.3, 0.4) is 0 Å². The Morgan fingerprint density at radius 2 is 1.80 bits per heavy atom. The Labute approximate surface area is 153 Å². The van der Waals surface area contributed by atoms with Gasteiger partial charge in [0.05, 0.1) is 6.54 Å². The fourth-order valence-electron chi connectivity index (χ4n) is 1.76. The monoisotopic (exact) mass is 380 g/mol. The zero-order chi connectivity index (χ0) is 18.2. The van der Waals surface area contributed by atoms with E-state index in [-0.39, 0.29) is 17.5 Å². The number of thiocarbonyl (C=S) groups is 1. The maximum atomic E-state index is 12.8. The lowest BCUT2D eigenvalue weighted by molar-refractivity contribution is -0.120. The molecular weight excluding hydrogens is 367 g/mol. The molecule has 2 amide bonds. The standard InChI is InChI=1S/C16H14ClFN4O2S/c17-11-3-1-2-10(8-11)15(24)19-9-14(23)21-22-16(25)20-13-6-4-12(18)5-7-13/h1-8H,9H2,(H,19,24)(H,21,23)(H2,20,22,25). The number of benzene rings is 2. The maximum Gasteiger partial charge on any atom is 0.257 e. The molecule has 0 fully saturated rings. The van der Waals surface area contributed by atoms with Crippen LogP contribution >= 0.6 is 23.8 Å². The van der Waals surface area contributed by atoms with Gasteiger partial charge in [0.1, 0.15) is 5.82 Å². The summed E-state index contributed by atoms with van der Waals surface area (Å²) in [5, 5.41) is 5.75. The minimum Gasteiger partial charge on any atom is -0.343 e. The van der Waals surface area contributed by atoms with Gasteiger partial charge >= 0.3 is 0 Å². The average Bonchev–Trinajstić information content (AvgIpc) is 2.60. The Hall–Kier alpha value is -2.71. The molecule has 2 rings (SSSR count). The first-order valence-electron chi connectivity index (χ1n) is 7.09. The summed E-state index contributed by atoms with van der Waals surface area (Å²) in [5.41, 5.74) is 5.70. The Morgan fingerprint density at radius 3 is 2.48 bits per heavy atom. The van der Waals surface area contributed by atoms with E-state index in [1.807, 2.05) is 0 Å². The highest BCUT2D eigenvalue weighted by Gasteiger charge is 2.08. The third kappa shape index (κ3) is 6.36. The highest BCUT2D eigenvalue weighted by Crippen LogP contribution is 2.10. The molecule has 6 nitrogen and oxygen atoms in total. The number of hydrazine groups is 1. The molecule has 0 spiro atoms. The van der Waals surface area contributed by atoms with Crippen molar-refractivity contribution in [3.63, 3.8) is 0 Å². The number of nitrogens with one attached hydrogen (secondary N) is 4. The van der Waals surface area contributed by atoms with E-state index in [1.54, 1.807) is 18.2 Å². The molecule has 0 unspecified atom stereocenters. The second kappa shape index (κ2) is 8.95. The first kappa shape index (κ1) is 18.6. The van der Waals surface area contributed by atoms with Crippen molar-refractivity contribution >= 4 is 46.4 Å². The van der Waals surface area contributed by atoms with Gasteiger partial charge in [0.15, 0.2) is 5.11 Å². The molecule has 4 N–H and O–H groups in total. The summed E-state index contributed by atoms with van der Waals surface area (Å²) in [6.45, 7) is -0.252. The van der Waals surface area contributed by atoms with E-state index < -0.39 is 11.8 Å². The van der Waals surface area contributed by atoms with Gasteiger partial charge in [-0.2, -0.15) is 0 Å². The van der Waals surface area contributed by atoms with Crippen LogP contribution in [0.25, 0.3) is 0 Å². The van der Waals surface area contributed by atoms with E-state index in [9.17, 15) is 14.0 Å². The first-order chi connectivity index (χ1) is 11.9. The van der Waals surface area contributed by atoms with E-state index in [0.29, 0.717) is 16.3 Å². The number of anilines is 1. The fraction of sp³-hybridized carbons (Fsp3) is 0.0625. The van der Waals surface area contributed by atoms with Crippen LogP contribution in [0.2, 0.25) is 5.02 Å². The van der Waals surface area contributed by atoms with E-state index >= 15 is 0 Å². The molecule has 2 aromatic carbocycles. The van der Waals surface area contributed by atoms with E-state index in [1.165, 1.54) is 30.3 Å². The van der Waals surface area contributed by atoms with Crippen LogP contribution in [-0.2, 0) is 4.79 Å². The lowest BCUT2D eigenvalue weighted by Crippen LogP contribution is -2.47. The lowest BCUT2D eigenvalue weighted by Gasteiger charge is -2.12. The van der Waals surface area contributed by atoms with E-state index in [4.69, 9.17) is 23.8 Å². The normalized spacial score (nSPS) is 9.84. The van der Waals surface area contributed by atoms with Crippen LogP contribution in [0.4, 0.5) is 10.1 Å². The molecule has 9 heteroatoms. The van der Waals surface area contributed by atoms with Crippen LogP contribution in [-0.4, -0.2) is 23.5 Å². The molecule has 0 radical (unpaired) electrons. The molecule has 25 heavy (non-hydrogen) atoms. The minimum atomic E-state index is -0.501. The zero-order valence-electron chi connectivity index (χ0n) is 12.8. The minimum absolute atomic E-state index is 0.112. The molecule has 0 aliphatic carbocycles. The smallest absolute Gasteiger partial charge is 0.257 e. The summed E-state index contributed by atoms with van der Waals surface area (Å²) in [5.74, 6) is -1.29. The molecular formula is C16H14ClFN4O2S. The molecule has 0 atom stereocenters. The van der Waals surface area contributed by atoms with Crippen molar-refractivity contribution in [3.05, 3.63) is 64.9 Å². The topological polar surface area (TPSA) is 82.3 Å². The SMILES string of the molecule is O=C(CNC(=O)c1cccc(Cl)c1)NNC(=S)Nc1ccc(F)cc1. The van der Waals surface area contributed by atoms with Gasteiger partial charge in [-0.3, -0.25) is 20.4 Å². The van der Waals surface area contributed by atoms with Crippen LogP contribution in [0, 0.1) is 5.82 Å². The van der Waals surface area contributed by atoms with E-state index in [0.717, 1.165) is 0 Å². The maximum absolute atomic E-state index is 12.8. The van der Waals surface area contributed by atoms with Crippen molar-refractivity contribution in [1.82, 2.24) is 16.2 Å². The first-order valence-corrected chi connectivity index (χ1v) is 7.88. The summed E-state index contributed by atoms with van der Waals surface area (Å²) in [6, 6.07) is 11.9. The van der Waals surface area contributed by atoms with Crippen LogP contribution in [0.15, 0.2) is 48.5 Å². The predicted molar refractivity (Wildman–Crippen MR) is 97.7 cm³/mol. The highest BCUT2D eigenvalue weighted by molar-refractivity contribution is 7.80. The molecule has 0 saturated carbocycles. The third-order valence-corrected chi connectivity index (χ3v) is 3.35. The zero-order valence-corrected chi connectivity index (χ0v) is 14.4. The van der Waals surface area contributed by atoms with Crippen LogP contribution in [0.5, 0.6) is 0 Å². The van der Waals surface area contributed by atoms with Gasteiger partial charge in [-0.15, -0.1) is 0 Å². The second-order valence-electron chi connectivity index (χ2n) is 4.83. The molecule has 2 aromatic rings. The summed E-state index contributed by atoms with van der Waals surface area (Å²) in [6.07, 6.45) is 0. The number of hydrogen-bond donors (Lipinski definition) is 4. The largest absolute Gasteiger partial charge is 0.343 e. The van der Waals surface area contributed by atoms with Crippen molar-refractivity contribution in [1.29, 1.82) is 0 Å². The van der Waals surface area contributed by atoms with Crippen molar-refractivity contribution in [2.75, 3.05) is 11.9 Å². The molecule has 0 aliphatic rings. The number of carbonyl (C=O) groups is 2. The van der Waals surface area contributed by atoms with Gasteiger partial charge < -0.3 is 10.6 Å². The van der Waals surface area contributed by atoms with E-state index in [2.05, 4.69) is 21.5 Å². The Balaban J connectivity index is 1.72. The molecule has 0 heterocycles. The van der Waals surface area contributed by atoms with Crippen molar-refractivity contribution in [2.24, 2.45) is 0 Å². The summed E-state index contributed by atoms with van der Waals surface area (Å²) in [4.78, 5) is 23.6. The average molecular weight is 381 g/mol. The summed E-state index contributed by atoms with van der Waals surface area (Å²) in [7, 11) is 0. The van der Waals surface area contributed by atoms with Gasteiger partial charge in [-0.25, -0.2) is 4.39 Å². The number of amides is 2. The number of rotatable bonds is 4. The molecule has 0 bridgehead atoms. The number of hydrogen-bond acceptors (Lipinski definition) is 3. The Kier molecular flexibility index (Phi) is 6.67. The quantitative estimate of drug-likeness (QED) is 0.483. The summed E-state index contributed by atoms with van der Waals surface area (Å²) >= 11 is 10.8. The highest BCUT2D eigenvalue weighted by atomic mass is 35.5. The van der Waals surface area contributed by atoms with Gasteiger partial charge in [0.25, 0.3) is 11.8 Å². The van der Waals surface area contributed by atoms with Crippen molar-refractivity contribution in [2.45, 2.75) is 0 Å². The second-order valence-corrected chi connectivity index (χ2v) is 5.67. The molecule has 0 saturated heterocycles. The van der Waals surface area contributed by atoms with Gasteiger partial charge in [-0.1, -0.05) is 17.7 Å². The Bertz CT molecular complexity index is 786. The number of halogens is 2. The molecule has 0 aliphatic heterocycles. The predicted octanol–water partition coefficient (Wildman–Crippen LogP) is 2.23. The molecule has 130 valence electrons. The third-order valence-electron chi connectivity index (χ3n) is 2.91. The lowest BCUT2D eigenvalue weighted by atomic mass is 10.2.